The van der Waals surface area contributed by atoms with Gasteiger partial charge < -0.3 is 9.84 Å². The van der Waals surface area contributed by atoms with Gasteiger partial charge in [-0.2, -0.15) is 0 Å². The molecule has 0 heterocycles. The van der Waals surface area contributed by atoms with Gasteiger partial charge in [0.2, 0.25) is 0 Å². The van der Waals surface area contributed by atoms with E-state index in [1.54, 1.807) is 31.4 Å². The van der Waals surface area contributed by atoms with Gasteiger partial charge in [0, 0.05) is 14.5 Å². The van der Waals surface area contributed by atoms with Crippen LogP contribution >= 0.6 is 31.9 Å². The third-order valence-electron chi connectivity index (χ3n) is 2.75. The SMILES string of the molecule is COc1ccc(C(O)c2cc(F)ccc2Br)c(Br)c1. The molecule has 2 nitrogen and oxygen atoms in total. The van der Waals surface area contributed by atoms with E-state index in [-0.39, 0.29) is 5.82 Å². The second-order valence-electron chi connectivity index (χ2n) is 3.96. The molecule has 2 rings (SSSR count). The fourth-order valence-electron chi connectivity index (χ4n) is 1.75. The third-order valence-corrected chi connectivity index (χ3v) is 4.16. The zero-order chi connectivity index (χ0) is 14.0. The summed E-state index contributed by atoms with van der Waals surface area (Å²) in [5, 5.41) is 10.4. The van der Waals surface area contributed by atoms with E-state index in [1.165, 1.54) is 12.1 Å². The quantitative estimate of drug-likeness (QED) is 0.840. The molecule has 0 radical (unpaired) electrons. The Morgan fingerprint density at radius 2 is 1.79 bits per heavy atom. The minimum absolute atomic E-state index is 0.387. The molecule has 19 heavy (non-hydrogen) atoms. The van der Waals surface area contributed by atoms with E-state index in [0.717, 1.165) is 0 Å². The van der Waals surface area contributed by atoms with E-state index >= 15 is 0 Å². The molecule has 100 valence electrons. The first kappa shape index (κ1) is 14.5. The van der Waals surface area contributed by atoms with Crippen molar-refractivity contribution in [1.82, 2.24) is 0 Å². The van der Waals surface area contributed by atoms with Gasteiger partial charge in [-0.05, 0) is 35.9 Å². The van der Waals surface area contributed by atoms with Crippen molar-refractivity contribution >= 4 is 31.9 Å². The van der Waals surface area contributed by atoms with E-state index in [0.29, 0.717) is 25.8 Å². The van der Waals surface area contributed by atoms with Gasteiger partial charge in [-0.3, -0.25) is 0 Å². The number of aliphatic hydroxyl groups is 1. The zero-order valence-electron chi connectivity index (χ0n) is 10.0. The first-order valence-electron chi connectivity index (χ1n) is 5.49. The van der Waals surface area contributed by atoms with Crippen molar-refractivity contribution in [1.29, 1.82) is 0 Å². The second-order valence-corrected chi connectivity index (χ2v) is 5.66. The molecule has 5 heteroatoms. The Hall–Kier alpha value is -0.910. The molecule has 0 aromatic heterocycles. The lowest BCUT2D eigenvalue weighted by Gasteiger charge is -2.15. The molecular formula is C14H11Br2FO2. The highest BCUT2D eigenvalue weighted by Crippen LogP contribution is 2.34. The Morgan fingerprint density at radius 3 is 2.42 bits per heavy atom. The summed E-state index contributed by atoms with van der Waals surface area (Å²) in [5.74, 6) is 0.294. The topological polar surface area (TPSA) is 29.5 Å². The number of methoxy groups -OCH3 is 1. The van der Waals surface area contributed by atoms with E-state index in [2.05, 4.69) is 31.9 Å². The lowest BCUT2D eigenvalue weighted by atomic mass is 10.0. The molecule has 1 N–H and O–H groups in total. The molecule has 0 saturated carbocycles. The van der Waals surface area contributed by atoms with Crippen LogP contribution in [-0.2, 0) is 0 Å². The van der Waals surface area contributed by atoms with Gasteiger partial charge in [0.1, 0.15) is 17.7 Å². The maximum absolute atomic E-state index is 13.3. The van der Waals surface area contributed by atoms with Gasteiger partial charge in [-0.15, -0.1) is 0 Å². The van der Waals surface area contributed by atoms with Crippen molar-refractivity contribution < 1.29 is 14.2 Å². The molecule has 2 aromatic rings. The normalized spacial score (nSPS) is 12.3. The number of hydrogen-bond donors (Lipinski definition) is 1. The molecule has 1 unspecified atom stereocenters. The van der Waals surface area contributed by atoms with Crippen LogP contribution in [-0.4, -0.2) is 12.2 Å². The van der Waals surface area contributed by atoms with Gasteiger partial charge in [-0.25, -0.2) is 4.39 Å². The third kappa shape index (κ3) is 3.16. The Bertz CT molecular complexity index is 602. The summed E-state index contributed by atoms with van der Waals surface area (Å²) >= 11 is 6.69. The van der Waals surface area contributed by atoms with Crippen LogP contribution in [0.3, 0.4) is 0 Å². The molecular weight excluding hydrogens is 379 g/mol. The van der Waals surface area contributed by atoms with Crippen LogP contribution in [0.1, 0.15) is 17.2 Å². The van der Waals surface area contributed by atoms with Gasteiger partial charge in [-0.1, -0.05) is 37.9 Å². The van der Waals surface area contributed by atoms with Crippen molar-refractivity contribution in [3.63, 3.8) is 0 Å². The first-order valence-corrected chi connectivity index (χ1v) is 7.08. The van der Waals surface area contributed by atoms with Crippen molar-refractivity contribution in [3.05, 3.63) is 62.3 Å². The maximum Gasteiger partial charge on any atom is 0.123 e. The van der Waals surface area contributed by atoms with Gasteiger partial charge in [0.05, 0.1) is 7.11 Å². The van der Waals surface area contributed by atoms with Crippen LogP contribution in [0.4, 0.5) is 4.39 Å². The summed E-state index contributed by atoms with van der Waals surface area (Å²) in [6.45, 7) is 0. The van der Waals surface area contributed by atoms with Crippen molar-refractivity contribution in [3.8, 4) is 5.75 Å². The van der Waals surface area contributed by atoms with Crippen LogP contribution < -0.4 is 4.74 Å². The molecule has 0 saturated heterocycles. The molecule has 0 fully saturated rings. The second kappa shape index (κ2) is 6.03. The van der Waals surface area contributed by atoms with E-state index in [4.69, 9.17) is 4.74 Å². The largest absolute Gasteiger partial charge is 0.497 e. The standard InChI is InChI=1S/C14H11Br2FO2/c1-19-9-3-4-10(13(16)7-9)14(18)11-6-8(17)2-5-12(11)15/h2-7,14,18H,1H3. The summed E-state index contributed by atoms with van der Waals surface area (Å²) in [7, 11) is 1.57. The number of ether oxygens (including phenoxy) is 1. The molecule has 1 atom stereocenters. The van der Waals surface area contributed by atoms with Crippen molar-refractivity contribution in [2.24, 2.45) is 0 Å². The minimum atomic E-state index is -0.926. The van der Waals surface area contributed by atoms with E-state index in [9.17, 15) is 9.50 Å². The lowest BCUT2D eigenvalue weighted by Crippen LogP contribution is -2.02. The summed E-state index contributed by atoms with van der Waals surface area (Å²) in [6.07, 6.45) is -0.926. The monoisotopic (exact) mass is 388 g/mol. The predicted molar refractivity (Wildman–Crippen MR) is 78.9 cm³/mol. The minimum Gasteiger partial charge on any atom is -0.497 e. The number of benzene rings is 2. The Morgan fingerprint density at radius 1 is 1.05 bits per heavy atom. The van der Waals surface area contributed by atoms with Gasteiger partial charge >= 0.3 is 0 Å². The number of aliphatic hydroxyl groups excluding tert-OH is 1. The summed E-state index contributed by atoms with van der Waals surface area (Å²) < 4.78 is 19.7. The first-order chi connectivity index (χ1) is 9.02. The summed E-state index contributed by atoms with van der Waals surface area (Å²) in [4.78, 5) is 0. The molecule has 0 spiro atoms. The smallest absolute Gasteiger partial charge is 0.123 e. The summed E-state index contributed by atoms with van der Waals surface area (Å²) in [5.41, 5.74) is 1.12. The highest BCUT2D eigenvalue weighted by molar-refractivity contribution is 9.10. The number of rotatable bonds is 3. The van der Waals surface area contributed by atoms with Crippen molar-refractivity contribution in [2.45, 2.75) is 6.10 Å². The average Bonchev–Trinajstić information content (AvgIpc) is 2.40. The molecule has 0 amide bonds. The number of hydrogen-bond acceptors (Lipinski definition) is 2. The molecule has 0 bridgehead atoms. The van der Waals surface area contributed by atoms with Gasteiger partial charge in [0.15, 0.2) is 0 Å². The van der Waals surface area contributed by atoms with Crippen LogP contribution in [0.25, 0.3) is 0 Å². The highest BCUT2D eigenvalue weighted by Gasteiger charge is 2.17. The van der Waals surface area contributed by atoms with Gasteiger partial charge in [0.25, 0.3) is 0 Å². The Balaban J connectivity index is 2.43. The fourth-order valence-corrected chi connectivity index (χ4v) is 2.79. The van der Waals surface area contributed by atoms with Crippen LogP contribution in [0, 0.1) is 5.82 Å². The Labute approximate surface area is 127 Å². The average molecular weight is 390 g/mol. The maximum atomic E-state index is 13.3. The highest BCUT2D eigenvalue weighted by atomic mass is 79.9. The fraction of sp³-hybridized carbons (Fsp3) is 0.143. The summed E-state index contributed by atoms with van der Waals surface area (Å²) in [6, 6.07) is 9.47. The Kier molecular flexibility index (Phi) is 4.60. The van der Waals surface area contributed by atoms with Crippen LogP contribution in [0.2, 0.25) is 0 Å². The van der Waals surface area contributed by atoms with Crippen LogP contribution in [0.5, 0.6) is 5.75 Å². The molecule has 0 aliphatic heterocycles. The van der Waals surface area contributed by atoms with E-state index < -0.39 is 6.10 Å². The zero-order valence-corrected chi connectivity index (χ0v) is 13.2. The molecule has 0 aliphatic carbocycles. The van der Waals surface area contributed by atoms with E-state index in [1.807, 2.05) is 0 Å². The number of halogens is 3. The molecule has 0 aliphatic rings. The predicted octanol–water partition coefficient (Wildman–Crippen LogP) is 4.44. The lowest BCUT2D eigenvalue weighted by molar-refractivity contribution is 0.218. The van der Waals surface area contributed by atoms with Crippen molar-refractivity contribution in [2.75, 3.05) is 7.11 Å². The van der Waals surface area contributed by atoms with Crippen LogP contribution in [0.15, 0.2) is 45.3 Å². The molecule has 2 aromatic carbocycles.